The van der Waals surface area contributed by atoms with Crippen LogP contribution < -0.4 is 4.74 Å². The molecule has 3 aromatic rings. The fraction of sp³-hybridized carbons (Fsp3) is 0.333. The van der Waals surface area contributed by atoms with E-state index in [1.807, 2.05) is 41.0 Å². The molecule has 0 bridgehead atoms. The van der Waals surface area contributed by atoms with Gasteiger partial charge in [0.2, 0.25) is 5.88 Å². The summed E-state index contributed by atoms with van der Waals surface area (Å²) in [5.41, 5.74) is 2.94. The van der Waals surface area contributed by atoms with Gasteiger partial charge in [-0.3, -0.25) is 0 Å². The Morgan fingerprint density at radius 3 is 2.59 bits per heavy atom. The van der Waals surface area contributed by atoms with Crippen molar-refractivity contribution in [1.82, 2.24) is 14.6 Å². The number of imidazole rings is 1. The first-order chi connectivity index (χ1) is 10.9. The minimum absolute atomic E-state index is 0.308. The van der Waals surface area contributed by atoms with Gasteiger partial charge in [-0.1, -0.05) is 36.8 Å². The fourth-order valence-corrected chi connectivity index (χ4v) is 3.08. The number of hydrogen-bond acceptors (Lipinski definition) is 3. The Kier molecular flexibility index (Phi) is 3.51. The van der Waals surface area contributed by atoms with Crippen molar-refractivity contribution in [3.63, 3.8) is 0 Å². The minimum atomic E-state index is 0.308. The van der Waals surface area contributed by atoms with Crippen molar-refractivity contribution in [2.75, 3.05) is 0 Å². The molecule has 2 heterocycles. The fourth-order valence-electron chi connectivity index (χ4n) is 3.08. The lowest BCUT2D eigenvalue weighted by Gasteiger charge is -2.22. The second-order valence-corrected chi connectivity index (χ2v) is 5.83. The van der Waals surface area contributed by atoms with Gasteiger partial charge in [0.1, 0.15) is 6.10 Å². The summed E-state index contributed by atoms with van der Waals surface area (Å²) in [7, 11) is 0. The molecule has 22 heavy (non-hydrogen) atoms. The number of benzene rings is 1. The summed E-state index contributed by atoms with van der Waals surface area (Å²) < 4.78 is 7.93. The molecule has 2 aromatic heterocycles. The van der Waals surface area contributed by atoms with E-state index in [1.165, 1.54) is 19.3 Å². The molecule has 1 aromatic carbocycles. The van der Waals surface area contributed by atoms with Gasteiger partial charge in [-0.15, -0.1) is 5.10 Å². The molecule has 1 aliphatic rings. The second kappa shape index (κ2) is 5.79. The monoisotopic (exact) mass is 293 g/mol. The van der Waals surface area contributed by atoms with Crippen LogP contribution in [0.4, 0.5) is 0 Å². The third-order valence-electron chi connectivity index (χ3n) is 4.25. The highest BCUT2D eigenvalue weighted by atomic mass is 16.5. The molecule has 0 amide bonds. The number of ether oxygens (including phenoxy) is 1. The first-order valence-corrected chi connectivity index (χ1v) is 7.97. The minimum Gasteiger partial charge on any atom is -0.473 e. The van der Waals surface area contributed by atoms with Crippen molar-refractivity contribution in [1.29, 1.82) is 0 Å². The van der Waals surface area contributed by atoms with Gasteiger partial charge in [-0.2, -0.15) is 0 Å². The van der Waals surface area contributed by atoms with E-state index < -0.39 is 0 Å². The molecule has 0 saturated heterocycles. The number of nitrogens with zero attached hydrogens (tertiary/aromatic N) is 3. The smallest absolute Gasteiger partial charge is 0.232 e. The Morgan fingerprint density at radius 2 is 1.77 bits per heavy atom. The molecule has 1 aliphatic carbocycles. The summed E-state index contributed by atoms with van der Waals surface area (Å²) in [6.07, 6.45) is 8.28. The number of hydrogen-bond donors (Lipinski definition) is 0. The van der Waals surface area contributed by atoms with Crippen LogP contribution in [0.1, 0.15) is 32.1 Å². The predicted molar refractivity (Wildman–Crippen MR) is 85.9 cm³/mol. The highest BCUT2D eigenvalue weighted by molar-refractivity contribution is 5.62. The predicted octanol–water partition coefficient (Wildman–Crippen LogP) is 4.11. The van der Waals surface area contributed by atoms with Gasteiger partial charge in [0.15, 0.2) is 5.65 Å². The van der Waals surface area contributed by atoms with Crippen LogP contribution in [0.5, 0.6) is 5.88 Å². The van der Waals surface area contributed by atoms with Gasteiger partial charge < -0.3 is 4.74 Å². The third-order valence-corrected chi connectivity index (χ3v) is 4.25. The van der Waals surface area contributed by atoms with Crippen LogP contribution in [0, 0.1) is 0 Å². The molecule has 4 nitrogen and oxygen atoms in total. The number of fused-ring (bicyclic) bond motifs is 1. The van der Waals surface area contributed by atoms with E-state index in [0.717, 1.165) is 29.7 Å². The van der Waals surface area contributed by atoms with Crippen LogP contribution in [-0.2, 0) is 0 Å². The summed E-state index contributed by atoms with van der Waals surface area (Å²) in [5.74, 6) is 0.689. The van der Waals surface area contributed by atoms with Crippen molar-refractivity contribution < 1.29 is 4.74 Å². The SMILES string of the molecule is c1ccc(-c2cnc3ccc(OC4CCCCC4)nn23)cc1. The molecule has 0 aliphatic heterocycles. The van der Waals surface area contributed by atoms with Crippen LogP contribution in [0.25, 0.3) is 16.9 Å². The summed E-state index contributed by atoms with van der Waals surface area (Å²) in [6, 6.07) is 14.1. The van der Waals surface area contributed by atoms with E-state index in [9.17, 15) is 0 Å². The summed E-state index contributed by atoms with van der Waals surface area (Å²) in [4.78, 5) is 4.43. The number of rotatable bonds is 3. The first-order valence-electron chi connectivity index (χ1n) is 7.97. The van der Waals surface area contributed by atoms with Gasteiger partial charge >= 0.3 is 0 Å². The van der Waals surface area contributed by atoms with Crippen LogP contribution in [0.2, 0.25) is 0 Å². The van der Waals surface area contributed by atoms with E-state index in [4.69, 9.17) is 4.74 Å². The van der Waals surface area contributed by atoms with Gasteiger partial charge in [0.25, 0.3) is 0 Å². The Hall–Kier alpha value is -2.36. The van der Waals surface area contributed by atoms with Crippen LogP contribution in [0.15, 0.2) is 48.7 Å². The zero-order chi connectivity index (χ0) is 14.8. The Balaban J connectivity index is 1.67. The summed E-state index contributed by atoms with van der Waals surface area (Å²) in [6.45, 7) is 0. The highest BCUT2D eigenvalue weighted by Crippen LogP contribution is 2.24. The third kappa shape index (κ3) is 2.56. The Morgan fingerprint density at radius 1 is 0.955 bits per heavy atom. The maximum absolute atomic E-state index is 6.06. The Bertz CT molecular complexity index is 760. The molecule has 0 N–H and O–H groups in total. The van der Waals surface area contributed by atoms with E-state index in [1.54, 1.807) is 0 Å². The van der Waals surface area contributed by atoms with Crippen molar-refractivity contribution in [2.45, 2.75) is 38.2 Å². The van der Waals surface area contributed by atoms with Crippen molar-refractivity contribution in [3.05, 3.63) is 48.7 Å². The van der Waals surface area contributed by atoms with Gasteiger partial charge in [0, 0.05) is 11.6 Å². The zero-order valence-corrected chi connectivity index (χ0v) is 12.5. The molecule has 4 rings (SSSR count). The standard InChI is InChI=1S/C18H19N3O/c1-3-7-14(8-4-1)16-13-19-17-11-12-18(20-21(16)17)22-15-9-5-2-6-10-15/h1,3-4,7-8,11-13,15H,2,5-6,9-10H2. The first kappa shape index (κ1) is 13.3. The Labute approximate surface area is 129 Å². The molecule has 0 spiro atoms. The molecule has 0 radical (unpaired) electrons. The average Bonchev–Trinajstić information content (AvgIpc) is 3.00. The van der Waals surface area contributed by atoms with E-state index in [-0.39, 0.29) is 0 Å². The molecular weight excluding hydrogens is 274 g/mol. The van der Waals surface area contributed by atoms with Crippen LogP contribution >= 0.6 is 0 Å². The zero-order valence-electron chi connectivity index (χ0n) is 12.5. The van der Waals surface area contributed by atoms with Gasteiger partial charge in [-0.05, 0) is 31.7 Å². The van der Waals surface area contributed by atoms with Gasteiger partial charge in [0.05, 0.1) is 11.9 Å². The van der Waals surface area contributed by atoms with Crippen LogP contribution in [-0.4, -0.2) is 20.7 Å². The quantitative estimate of drug-likeness (QED) is 0.729. The maximum Gasteiger partial charge on any atom is 0.232 e. The van der Waals surface area contributed by atoms with Crippen molar-refractivity contribution >= 4 is 5.65 Å². The largest absolute Gasteiger partial charge is 0.473 e. The maximum atomic E-state index is 6.06. The van der Waals surface area contributed by atoms with Crippen LogP contribution in [0.3, 0.4) is 0 Å². The lowest BCUT2D eigenvalue weighted by atomic mass is 9.98. The highest BCUT2D eigenvalue weighted by Gasteiger charge is 2.16. The molecular formula is C18H19N3O. The van der Waals surface area contributed by atoms with Crippen molar-refractivity contribution in [3.8, 4) is 17.1 Å². The molecule has 4 heteroatoms. The summed E-state index contributed by atoms with van der Waals surface area (Å²) in [5, 5.41) is 4.64. The average molecular weight is 293 g/mol. The van der Waals surface area contributed by atoms with Gasteiger partial charge in [-0.25, -0.2) is 9.50 Å². The molecule has 1 saturated carbocycles. The van der Waals surface area contributed by atoms with E-state index >= 15 is 0 Å². The number of aromatic nitrogens is 3. The normalized spacial score (nSPS) is 16.0. The summed E-state index contributed by atoms with van der Waals surface area (Å²) >= 11 is 0. The topological polar surface area (TPSA) is 39.4 Å². The lowest BCUT2D eigenvalue weighted by molar-refractivity contribution is 0.147. The lowest BCUT2D eigenvalue weighted by Crippen LogP contribution is -2.20. The molecule has 112 valence electrons. The molecule has 0 atom stereocenters. The van der Waals surface area contributed by atoms with Crippen molar-refractivity contribution in [2.24, 2.45) is 0 Å². The van der Waals surface area contributed by atoms with E-state index in [2.05, 4.69) is 22.2 Å². The molecule has 0 unspecified atom stereocenters. The van der Waals surface area contributed by atoms with E-state index in [0.29, 0.717) is 12.0 Å². The molecule has 1 fully saturated rings. The second-order valence-electron chi connectivity index (χ2n) is 5.83.